The first-order valence-corrected chi connectivity index (χ1v) is 12.0. The number of halogens is 1. The number of ether oxygens (including phenoxy) is 1. The molecule has 0 saturated carbocycles. The molecule has 0 radical (unpaired) electrons. The van der Waals surface area contributed by atoms with Crippen molar-refractivity contribution in [1.82, 2.24) is 14.1 Å². The van der Waals surface area contributed by atoms with Crippen LogP contribution in [0.5, 0.6) is 0 Å². The smallest absolute Gasteiger partial charge is 0.290 e. The van der Waals surface area contributed by atoms with E-state index in [1.165, 1.54) is 0 Å². The van der Waals surface area contributed by atoms with E-state index >= 15 is 0 Å². The number of carbonyl (C=O) groups is 2. The van der Waals surface area contributed by atoms with Crippen molar-refractivity contribution in [3.05, 3.63) is 35.4 Å². The molecule has 3 aliphatic rings. The lowest BCUT2D eigenvalue weighted by Crippen LogP contribution is -2.42. The number of furan rings is 1. The summed E-state index contributed by atoms with van der Waals surface area (Å²) in [5, 5.41) is 0. The van der Waals surface area contributed by atoms with Crippen molar-refractivity contribution in [3.8, 4) is 0 Å². The van der Waals surface area contributed by atoms with Gasteiger partial charge in [-0.1, -0.05) is 13.8 Å². The molecule has 9 nitrogen and oxygen atoms in total. The second-order valence-corrected chi connectivity index (χ2v) is 10.2. The summed E-state index contributed by atoms with van der Waals surface area (Å²) in [4.78, 5) is 29.8. The molecule has 172 valence electrons. The summed E-state index contributed by atoms with van der Waals surface area (Å²) in [7, 11) is -3.76. The third-order valence-electron chi connectivity index (χ3n) is 5.86. The van der Waals surface area contributed by atoms with Crippen LogP contribution < -0.4 is 0 Å². The summed E-state index contributed by atoms with van der Waals surface area (Å²) in [6, 6.07) is 2.83. The standard InChI is InChI=1S/C20H27N3O6S.ClH/c1-13(2)17-18-15(23(20(17)25)30(3,26)27)6-7-22(18)19(24)16-5-4-14(29-16)12-21-8-10-28-11-9-21;/h4-6,13,17-18H,7-12H2,1-3H3;1H/t17-,18+;/m1./s1. The molecule has 0 bridgehead atoms. The number of hydrogen-bond acceptors (Lipinski definition) is 7. The van der Waals surface area contributed by atoms with Crippen LogP contribution in [0.2, 0.25) is 0 Å². The highest BCUT2D eigenvalue weighted by Crippen LogP contribution is 2.41. The van der Waals surface area contributed by atoms with Crippen LogP contribution in [0.3, 0.4) is 0 Å². The number of morpholine rings is 1. The Kier molecular flexibility index (Phi) is 6.85. The number of amides is 2. The van der Waals surface area contributed by atoms with Gasteiger partial charge in [-0.2, -0.15) is 0 Å². The Morgan fingerprint density at radius 1 is 1.23 bits per heavy atom. The summed E-state index contributed by atoms with van der Waals surface area (Å²) >= 11 is 0. The molecule has 11 heteroatoms. The SMILES string of the molecule is CC(C)[C@H]1C(=O)N(S(C)(=O)=O)C2=CCN(C(=O)c3ccc(CN4CCOCC4)o3)[C@@H]21.Cl. The Morgan fingerprint density at radius 2 is 1.90 bits per heavy atom. The zero-order valence-electron chi connectivity index (χ0n) is 17.8. The summed E-state index contributed by atoms with van der Waals surface area (Å²) in [5.41, 5.74) is 0.370. The van der Waals surface area contributed by atoms with Crippen LogP contribution in [-0.4, -0.2) is 79.5 Å². The molecule has 2 amide bonds. The van der Waals surface area contributed by atoms with E-state index in [1.807, 2.05) is 13.8 Å². The number of carbonyl (C=O) groups excluding carboxylic acids is 2. The molecular weight excluding hydrogens is 446 g/mol. The van der Waals surface area contributed by atoms with Crippen LogP contribution in [0.4, 0.5) is 0 Å². The van der Waals surface area contributed by atoms with E-state index < -0.39 is 27.9 Å². The molecule has 2 fully saturated rings. The van der Waals surface area contributed by atoms with Crippen LogP contribution in [0.25, 0.3) is 0 Å². The van der Waals surface area contributed by atoms with Crippen LogP contribution in [-0.2, 0) is 26.1 Å². The Labute approximate surface area is 188 Å². The van der Waals surface area contributed by atoms with E-state index in [4.69, 9.17) is 9.15 Å². The summed E-state index contributed by atoms with van der Waals surface area (Å²) in [6.45, 7) is 7.53. The molecule has 0 aliphatic carbocycles. The molecule has 3 aliphatic heterocycles. The minimum Gasteiger partial charge on any atom is -0.455 e. The summed E-state index contributed by atoms with van der Waals surface area (Å²) in [6.07, 6.45) is 2.67. The number of rotatable bonds is 5. The molecule has 0 unspecified atom stereocenters. The number of sulfonamides is 1. The minimum atomic E-state index is -3.76. The lowest BCUT2D eigenvalue weighted by atomic mass is 9.89. The fourth-order valence-corrected chi connectivity index (χ4v) is 5.49. The van der Waals surface area contributed by atoms with Gasteiger partial charge in [-0.05, 0) is 24.1 Å². The van der Waals surface area contributed by atoms with Crippen molar-refractivity contribution >= 4 is 34.2 Å². The Balaban J connectivity index is 0.00000272. The third kappa shape index (κ3) is 4.39. The summed E-state index contributed by atoms with van der Waals surface area (Å²) < 4.78 is 36.5. The molecule has 1 aromatic rings. The molecular formula is C20H28ClN3O6S. The lowest BCUT2D eigenvalue weighted by molar-refractivity contribution is -0.128. The second kappa shape index (κ2) is 8.93. The average molecular weight is 474 g/mol. The van der Waals surface area contributed by atoms with Gasteiger partial charge >= 0.3 is 0 Å². The maximum atomic E-state index is 13.2. The van der Waals surface area contributed by atoms with Gasteiger partial charge in [0.15, 0.2) is 5.76 Å². The predicted octanol–water partition coefficient (Wildman–Crippen LogP) is 1.32. The number of hydrogen-bond donors (Lipinski definition) is 0. The lowest BCUT2D eigenvalue weighted by Gasteiger charge is -2.28. The van der Waals surface area contributed by atoms with Gasteiger partial charge in [0.25, 0.3) is 5.91 Å². The predicted molar refractivity (Wildman–Crippen MR) is 115 cm³/mol. The van der Waals surface area contributed by atoms with Crippen LogP contribution in [0.15, 0.2) is 28.3 Å². The highest BCUT2D eigenvalue weighted by molar-refractivity contribution is 7.89. The molecule has 2 saturated heterocycles. The molecule has 0 spiro atoms. The topological polar surface area (TPSA) is 100 Å². The number of fused-ring (bicyclic) bond motifs is 1. The summed E-state index contributed by atoms with van der Waals surface area (Å²) in [5.74, 6) is -0.671. The maximum Gasteiger partial charge on any atom is 0.290 e. The van der Waals surface area contributed by atoms with Crippen LogP contribution >= 0.6 is 12.4 Å². The fraction of sp³-hybridized carbons (Fsp3) is 0.600. The zero-order chi connectivity index (χ0) is 21.6. The van der Waals surface area contributed by atoms with Crippen LogP contribution in [0, 0.1) is 11.8 Å². The van der Waals surface area contributed by atoms with Gasteiger partial charge in [0, 0.05) is 19.6 Å². The van der Waals surface area contributed by atoms with E-state index in [2.05, 4.69) is 4.90 Å². The fourth-order valence-electron chi connectivity index (χ4n) is 4.48. The van der Waals surface area contributed by atoms with E-state index in [9.17, 15) is 18.0 Å². The van der Waals surface area contributed by atoms with E-state index in [-0.39, 0.29) is 36.5 Å². The Bertz CT molecular complexity index is 983. The van der Waals surface area contributed by atoms with Crippen molar-refractivity contribution in [2.24, 2.45) is 11.8 Å². The van der Waals surface area contributed by atoms with Crippen molar-refractivity contribution < 1.29 is 27.2 Å². The molecule has 4 heterocycles. The first-order valence-electron chi connectivity index (χ1n) is 10.1. The van der Waals surface area contributed by atoms with Gasteiger partial charge in [0.1, 0.15) is 5.76 Å². The largest absolute Gasteiger partial charge is 0.455 e. The maximum absolute atomic E-state index is 13.2. The van der Waals surface area contributed by atoms with Gasteiger partial charge in [-0.25, -0.2) is 12.7 Å². The highest BCUT2D eigenvalue weighted by atomic mass is 35.5. The quantitative estimate of drug-likeness (QED) is 0.635. The molecule has 31 heavy (non-hydrogen) atoms. The molecule has 1 aromatic heterocycles. The molecule has 2 atom stereocenters. The Morgan fingerprint density at radius 3 is 2.52 bits per heavy atom. The van der Waals surface area contributed by atoms with Crippen molar-refractivity contribution in [2.45, 2.75) is 26.4 Å². The highest BCUT2D eigenvalue weighted by Gasteiger charge is 2.55. The van der Waals surface area contributed by atoms with Crippen molar-refractivity contribution in [1.29, 1.82) is 0 Å². The van der Waals surface area contributed by atoms with E-state index in [1.54, 1.807) is 23.1 Å². The normalized spacial score (nSPS) is 24.4. The van der Waals surface area contributed by atoms with Gasteiger partial charge < -0.3 is 14.1 Å². The first-order chi connectivity index (χ1) is 14.2. The Hall–Kier alpha value is -1.88. The molecule has 0 N–H and O–H groups in total. The van der Waals surface area contributed by atoms with Crippen molar-refractivity contribution in [3.63, 3.8) is 0 Å². The zero-order valence-corrected chi connectivity index (χ0v) is 19.4. The van der Waals surface area contributed by atoms with E-state index in [0.717, 1.165) is 23.7 Å². The third-order valence-corrected chi connectivity index (χ3v) is 6.92. The van der Waals surface area contributed by atoms with Gasteiger partial charge in [0.05, 0.1) is 43.7 Å². The second-order valence-electron chi connectivity index (χ2n) is 8.32. The van der Waals surface area contributed by atoms with Gasteiger partial charge in [-0.15, -0.1) is 12.4 Å². The van der Waals surface area contributed by atoms with Gasteiger partial charge in [-0.3, -0.25) is 14.5 Å². The van der Waals surface area contributed by atoms with E-state index in [0.29, 0.717) is 31.2 Å². The average Bonchev–Trinajstić information content (AvgIpc) is 3.35. The van der Waals surface area contributed by atoms with Gasteiger partial charge in [0.2, 0.25) is 15.9 Å². The van der Waals surface area contributed by atoms with Crippen LogP contribution in [0.1, 0.15) is 30.2 Å². The monoisotopic (exact) mass is 473 g/mol. The first kappa shape index (κ1) is 23.8. The number of nitrogens with zero attached hydrogens (tertiary/aromatic N) is 3. The minimum absolute atomic E-state index is 0. The van der Waals surface area contributed by atoms with Crippen molar-refractivity contribution in [2.75, 3.05) is 39.1 Å². The molecule has 4 rings (SSSR count). The molecule has 0 aromatic carbocycles.